The van der Waals surface area contributed by atoms with Gasteiger partial charge in [-0.15, -0.1) is 0 Å². The number of amides is 2. The molecule has 32 heavy (non-hydrogen) atoms. The maximum absolute atomic E-state index is 12.9. The van der Waals surface area contributed by atoms with Crippen LogP contribution in [-0.4, -0.2) is 26.2 Å². The van der Waals surface area contributed by atoms with Crippen LogP contribution in [0.5, 0.6) is 0 Å². The lowest BCUT2D eigenvalue weighted by Crippen LogP contribution is -2.45. The van der Waals surface area contributed by atoms with Gasteiger partial charge in [-0.05, 0) is 54.8 Å². The van der Waals surface area contributed by atoms with Crippen molar-refractivity contribution in [3.05, 3.63) is 65.2 Å². The maximum Gasteiger partial charge on any atom is 0.416 e. The number of halogens is 3. The van der Waals surface area contributed by atoms with Gasteiger partial charge >= 0.3 is 12.2 Å². The number of nitriles is 1. The van der Waals surface area contributed by atoms with Crippen LogP contribution in [0.3, 0.4) is 0 Å². The minimum absolute atomic E-state index is 0.145. The van der Waals surface area contributed by atoms with Crippen LogP contribution in [0.4, 0.5) is 23.7 Å². The zero-order valence-corrected chi connectivity index (χ0v) is 18.6. The molecular weight excluding hydrogens is 443 g/mol. The van der Waals surface area contributed by atoms with E-state index >= 15 is 0 Å². The minimum Gasteiger partial charge on any atom is -0.334 e. The van der Waals surface area contributed by atoms with Gasteiger partial charge < -0.3 is 10.6 Å². The Morgan fingerprint density at radius 1 is 1.03 bits per heavy atom. The Morgan fingerprint density at radius 3 is 2.06 bits per heavy atom. The molecule has 0 aliphatic rings. The minimum atomic E-state index is -4.48. The van der Waals surface area contributed by atoms with Crippen LogP contribution in [0.15, 0.2) is 48.5 Å². The Morgan fingerprint density at radius 2 is 1.59 bits per heavy atom. The molecule has 2 N–H and O–H groups in total. The molecule has 172 valence electrons. The molecular formula is C22H24F3N3O3S. The van der Waals surface area contributed by atoms with Gasteiger partial charge in [0.25, 0.3) is 0 Å². The summed E-state index contributed by atoms with van der Waals surface area (Å²) in [6.45, 7) is 5.05. The molecule has 2 amide bonds. The van der Waals surface area contributed by atoms with Gasteiger partial charge in [-0.25, -0.2) is 13.2 Å². The molecule has 2 rings (SSSR count). The summed E-state index contributed by atoms with van der Waals surface area (Å²) < 4.78 is 63.8. The smallest absolute Gasteiger partial charge is 0.334 e. The lowest BCUT2D eigenvalue weighted by molar-refractivity contribution is -0.137. The quantitative estimate of drug-likeness (QED) is 0.605. The summed E-state index contributed by atoms with van der Waals surface area (Å²) in [5.41, 5.74) is 0.249. The molecule has 10 heteroatoms. The van der Waals surface area contributed by atoms with E-state index in [1.54, 1.807) is 26.0 Å². The topological polar surface area (TPSA) is 99.1 Å². The molecule has 2 aromatic rings. The highest BCUT2D eigenvalue weighted by Crippen LogP contribution is 2.30. The number of hydrogen-bond donors (Lipinski definition) is 2. The maximum atomic E-state index is 12.9. The van der Waals surface area contributed by atoms with E-state index in [-0.39, 0.29) is 17.4 Å². The highest BCUT2D eigenvalue weighted by molar-refractivity contribution is 7.91. The second-order valence-corrected chi connectivity index (χ2v) is 10.1. The van der Waals surface area contributed by atoms with Crippen LogP contribution >= 0.6 is 0 Å². The van der Waals surface area contributed by atoms with Crippen molar-refractivity contribution in [2.24, 2.45) is 5.92 Å². The van der Waals surface area contributed by atoms with Crippen LogP contribution in [0.2, 0.25) is 0 Å². The van der Waals surface area contributed by atoms with Crippen LogP contribution in [0, 0.1) is 17.2 Å². The fourth-order valence-electron chi connectivity index (χ4n) is 2.91. The highest BCUT2D eigenvalue weighted by Gasteiger charge is 2.31. The van der Waals surface area contributed by atoms with E-state index < -0.39 is 38.9 Å². The standard InChI is InChI=1S/C22H24F3N3O3S/c1-14(2)20(13-32(30,31)15(3)17-6-4-16(12-26)5-7-17)28-21(29)27-19-10-8-18(9-11-19)22(23,24)25/h4-11,14-15,20H,13H2,1-3H3,(H2,27,28,29)/t15?,20-/m1/s1. The van der Waals surface area contributed by atoms with Gasteiger partial charge in [0.15, 0.2) is 9.84 Å². The molecule has 0 heterocycles. The van der Waals surface area contributed by atoms with Crippen LogP contribution < -0.4 is 10.6 Å². The van der Waals surface area contributed by atoms with Crippen LogP contribution in [0.25, 0.3) is 0 Å². The highest BCUT2D eigenvalue weighted by atomic mass is 32.2. The molecule has 2 atom stereocenters. The molecule has 2 aromatic carbocycles. The predicted molar refractivity (Wildman–Crippen MR) is 116 cm³/mol. The molecule has 0 bridgehead atoms. The molecule has 1 unspecified atom stereocenters. The zero-order valence-electron chi connectivity index (χ0n) is 17.8. The molecule has 0 saturated carbocycles. The van der Waals surface area contributed by atoms with E-state index in [2.05, 4.69) is 10.6 Å². The van der Waals surface area contributed by atoms with E-state index in [1.807, 2.05) is 6.07 Å². The summed E-state index contributed by atoms with van der Waals surface area (Å²) in [6.07, 6.45) is -4.48. The summed E-state index contributed by atoms with van der Waals surface area (Å²) in [6, 6.07) is 10.7. The molecule has 0 spiro atoms. The molecule has 0 aromatic heterocycles. The third kappa shape index (κ3) is 6.72. The van der Waals surface area contributed by atoms with E-state index in [4.69, 9.17) is 5.26 Å². The third-order valence-electron chi connectivity index (χ3n) is 5.05. The number of nitrogens with zero attached hydrogens (tertiary/aromatic N) is 1. The summed E-state index contributed by atoms with van der Waals surface area (Å²) in [7, 11) is -3.67. The van der Waals surface area contributed by atoms with Gasteiger partial charge in [-0.1, -0.05) is 26.0 Å². The fourth-order valence-corrected chi connectivity index (χ4v) is 4.74. The number of carbonyl (C=O) groups is 1. The fraction of sp³-hybridized carbons (Fsp3) is 0.364. The Labute approximate surface area is 185 Å². The normalized spacial score (nSPS) is 13.8. The monoisotopic (exact) mass is 467 g/mol. The molecule has 6 nitrogen and oxygen atoms in total. The molecule has 0 aliphatic heterocycles. The van der Waals surface area contributed by atoms with Gasteiger partial charge in [-0.2, -0.15) is 18.4 Å². The second kappa shape index (κ2) is 10.0. The van der Waals surface area contributed by atoms with Crippen molar-refractivity contribution in [2.45, 2.75) is 38.2 Å². The Bertz CT molecular complexity index is 1070. The van der Waals surface area contributed by atoms with Crippen LogP contribution in [0.1, 0.15) is 42.7 Å². The average Bonchev–Trinajstić information content (AvgIpc) is 2.72. The van der Waals surface area contributed by atoms with Crippen molar-refractivity contribution in [3.63, 3.8) is 0 Å². The third-order valence-corrected chi connectivity index (χ3v) is 7.22. The number of sulfone groups is 1. The van der Waals surface area contributed by atoms with Gasteiger partial charge in [0.1, 0.15) is 0 Å². The summed E-state index contributed by atoms with van der Waals surface area (Å²) in [5, 5.41) is 13.0. The van der Waals surface area contributed by atoms with Crippen molar-refractivity contribution in [1.29, 1.82) is 5.26 Å². The number of hydrogen-bond acceptors (Lipinski definition) is 4. The molecule has 0 radical (unpaired) electrons. The number of benzene rings is 2. The largest absolute Gasteiger partial charge is 0.416 e. The first-order chi connectivity index (χ1) is 14.8. The van der Waals surface area contributed by atoms with Gasteiger partial charge in [0, 0.05) is 11.7 Å². The Kier molecular flexibility index (Phi) is 7.91. The van der Waals surface area contributed by atoms with Gasteiger partial charge in [0.05, 0.1) is 28.2 Å². The summed E-state index contributed by atoms with van der Waals surface area (Å²) in [4.78, 5) is 12.3. The predicted octanol–water partition coefficient (Wildman–Crippen LogP) is 4.90. The number of alkyl halides is 3. The van der Waals surface area contributed by atoms with E-state index in [9.17, 15) is 26.4 Å². The first-order valence-corrected chi connectivity index (χ1v) is 11.5. The number of urea groups is 1. The van der Waals surface area contributed by atoms with E-state index in [1.165, 1.54) is 19.1 Å². The summed E-state index contributed by atoms with van der Waals surface area (Å²) in [5.74, 6) is -0.553. The van der Waals surface area contributed by atoms with E-state index in [0.29, 0.717) is 11.1 Å². The Balaban J connectivity index is 2.07. The molecule has 0 saturated heterocycles. The summed E-state index contributed by atoms with van der Waals surface area (Å²) >= 11 is 0. The number of nitrogens with one attached hydrogen (secondary N) is 2. The Hall–Kier alpha value is -3.06. The van der Waals surface area contributed by atoms with Crippen molar-refractivity contribution in [2.75, 3.05) is 11.1 Å². The lowest BCUT2D eigenvalue weighted by atomic mass is 10.1. The van der Waals surface area contributed by atoms with Gasteiger partial charge in [-0.3, -0.25) is 0 Å². The van der Waals surface area contributed by atoms with E-state index in [0.717, 1.165) is 24.3 Å². The van der Waals surface area contributed by atoms with Crippen molar-refractivity contribution in [3.8, 4) is 6.07 Å². The SMILES string of the molecule is CC(C)[C@@H](CS(=O)(=O)C(C)c1ccc(C#N)cc1)NC(=O)Nc1ccc(C(F)(F)F)cc1. The van der Waals surface area contributed by atoms with Crippen molar-refractivity contribution in [1.82, 2.24) is 5.32 Å². The molecule has 0 aliphatic carbocycles. The first-order valence-electron chi connectivity index (χ1n) is 9.80. The van der Waals surface area contributed by atoms with Crippen molar-refractivity contribution >= 4 is 21.6 Å². The zero-order chi connectivity index (χ0) is 24.1. The molecule has 0 fully saturated rings. The average molecular weight is 468 g/mol. The lowest BCUT2D eigenvalue weighted by Gasteiger charge is -2.24. The van der Waals surface area contributed by atoms with Crippen molar-refractivity contribution < 1.29 is 26.4 Å². The number of carbonyl (C=O) groups excluding carboxylic acids is 1. The second-order valence-electron chi connectivity index (χ2n) is 7.73. The number of anilines is 1. The van der Waals surface area contributed by atoms with Gasteiger partial charge in [0.2, 0.25) is 0 Å². The first kappa shape index (κ1) is 25.2. The van der Waals surface area contributed by atoms with Crippen LogP contribution in [-0.2, 0) is 16.0 Å². The number of rotatable bonds is 7.